The van der Waals surface area contributed by atoms with Crippen molar-refractivity contribution >= 4 is 11.9 Å². The molecule has 1 saturated heterocycles. The topological polar surface area (TPSA) is 76.4 Å². The maximum absolute atomic E-state index is 12.6. The molecule has 6 nitrogen and oxygen atoms in total. The van der Waals surface area contributed by atoms with Crippen LogP contribution in [0.1, 0.15) is 37.3 Å². The van der Waals surface area contributed by atoms with Crippen LogP contribution in [0.15, 0.2) is 60.7 Å². The van der Waals surface area contributed by atoms with Crippen molar-refractivity contribution < 1.29 is 9.59 Å². The highest BCUT2D eigenvalue weighted by Gasteiger charge is 2.45. The Balaban J connectivity index is 0.000000335. The van der Waals surface area contributed by atoms with Crippen LogP contribution >= 0.6 is 0 Å². The number of benzene rings is 2. The minimum Gasteiger partial charge on any atom is -0.341 e. The van der Waals surface area contributed by atoms with Crippen LogP contribution in [-0.2, 0) is 11.2 Å². The van der Waals surface area contributed by atoms with Crippen LogP contribution in [0.4, 0.5) is 4.79 Å². The van der Waals surface area contributed by atoms with Gasteiger partial charge in [0.2, 0.25) is 5.91 Å². The van der Waals surface area contributed by atoms with E-state index >= 15 is 0 Å². The fourth-order valence-corrected chi connectivity index (χ4v) is 3.56. The van der Waals surface area contributed by atoms with Gasteiger partial charge in [-0.25, -0.2) is 4.79 Å². The molecule has 0 aromatic heterocycles. The Hall–Kier alpha value is -3.33. The molecule has 0 aliphatic carbocycles. The summed E-state index contributed by atoms with van der Waals surface area (Å²) in [6, 6.07) is 20.4. The number of likely N-dealkylation sites (N-methyl/N-ethyl adjacent to an activating group) is 1. The van der Waals surface area contributed by atoms with Crippen molar-refractivity contribution in [3.8, 4) is 6.07 Å². The molecule has 0 saturated carbocycles. The quantitative estimate of drug-likeness (QED) is 0.821. The van der Waals surface area contributed by atoms with Crippen LogP contribution < -0.4 is 5.32 Å². The third-order valence-corrected chi connectivity index (χ3v) is 5.18. The highest BCUT2D eigenvalue weighted by molar-refractivity contribution is 5.90. The number of nitriles is 1. The van der Waals surface area contributed by atoms with E-state index in [4.69, 9.17) is 5.26 Å². The van der Waals surface area contributed by atoms with Gasteiger partial charge in [-0.15, -0.1) is 0 Å². The Morgan fingerprint density at radius 2 is 1.70 bits per heavy atom. The zero-order valence-corrected chi connectivity index (χ0v) is 17.9. The second-order valence-corrected chi connectivity index (χ2v) is 7.22. The standard InChI is InChI=1S/C17H25N3O2.C7H5N/c1-4-5-11-15-19(3)16(21)14(20(15)17(22)18-2)12-13-9-7-6-8-10-13;8-6-7-4-2-1-3-5-7/h6-10,14-15H,4-5,11-12H2,1-3H3,(H,18,22);1-5H/t14-,15?;/m0./s1. The zero-order valence-electron chi connectivity index (χ0n) is 17.9. The van der Waals surface area contributed by atoms with E-state index < -0.39 is 6.04 Å². The van der Waals surface area contributed by atoms with Gasteiger partial charge < -0.3 is 10.2 Å². The molecule has 158 valence electrons. The molecular formula is C24H30N4O2. The molecule has 3 amide bonds. The van der Waals surface area contributed by atoms with Crippen LogP contribution in [0, 0.1) is 11.3 Å². The molecule has 6 heteroatoms. The highest BCUT2D eigenvalue weighted by Crippen LogP contribution is 2.27. The van der Waals surface area contributed by atoms with E-state index in [1.165, 1.54) is 0 Å². The molecule has 0 radical (unpaired) electrons. The van der Waals surface area contributed by atoms with E-state index in [0.717, 1.165) is 24.8 Å². The Labute approximate surface area is 179 Å². The molecule has 1 aliphatic heterocycles. The Bertz CT molecular complexity index is 849. The van der Waals surface area contributed by atoms with Gasteiger partial charge in [0.1, 0.15) is 12.2 Å². The molecule has 30 heavy (non-hydrogen) atoms. The Morgan fingerprint density at radius 1 is 1.10 bits per heavy atom. The summed E-state index contributed by atoms with van der Waals surface area (Å²) in [5, 5.41) is 11.0. The van der Waals surface area contributed by atoms with Crippen molar-refractivity contribution in [2.24, 2.45) is 0 Å². The Morgan fingerprint density at radius 3 is 2.20 bits per heavy atom. The summed E-state index contributed by atoms with van der Waals surface area (Å²) in [5.74, 6) is 0.0218. The minimum absolute atomic E-state index is 0.0218. The molecule has 1 N–H and O–H groups in total. The fraction of sp³-hybridized carbons (Fsp3) is 0.375. The van der Waals surface area contributed by atoms with Gasteiger partial charge in [-0.3, -0.25) is 9.69 Å². The number of nitrogens with zero attached hydrogens (tertiary/aromatic N) is 3. The molecule has 2 atom stereocenters. The third kappa shape index (κ3) is 5.84. The summed E-state index contributed by atoms with van der Waals surface area (Å²) < 4.78 is 0. The van der Waals surface area contributed by atoms with Crippen molar-refractivity contribution in [1.29, 1.82) is 5.26 Å². The molecule has 1 fully saturated rings. The monoisotopic (exact) mass is 406 g/mol. The van der Waals surface area contributed by atoms with Gasteiger partial charge in [-0.1, -0.05) is 61.9 Å². The lowest BCUT2D eigenvalue weighted by Crippen LogP contribution is -2.48. The van der Waals surface area contributed by atoms with Gasteiger partial charge in [-0.05, 0) is 30.5 Å². The number of nitrogens with one attached hydrogen (secondary N) is 1. The SMILES string of the molecule is CCCCC1N(C)C(=O)[C@H](Cc2ccccc2)N1C(=O)NC.N#Cc1ccccc1. The first-order chi connectivity index (χ1) is 14.5. The smallest absolute Gasteiger partial charge is 0.319 e. The maximum Gasteiger partial charge on any atom is 0.319 e. The van der Waals surface area contributed by atoms with Gasteiger partial charge in [-0.2, -0.15) is 5.26 Å². The lowest BCUT2D eigenvalue weighted by atomic mass is 10.1. The van der Waals surface area contributed by atoms with Crippen LogP contribution in [0.2, 0.25) is 0 Å². The maximum atomic E-state index is 12.6. The summed E-state index contributed by atoms with van der Waals surface area (Å²) in [7, 11) is 3.41. The molecule has 0 spiro atoms. The van der Waals surface area contributed by atoms with Gasteiger partial charge in [0, 0.05) is 20.5 Å². The molecule has 2 aromatic rings. The fourth-order valence-electron chi connectivity index (χ4n) is 3.56. The van der Waals surface area contributed by atoms with Crippen molar-refractivity contribution in [2.45, 2.75) is 44.8 Å². The number of carbonyl (C=O) groups excluding carboxylic acids is 2. The normalized spacial score (nSPS) is 17.7. The minimum atomic E-state index is -0.422. The predicted molar refractivity (Wildman–Crippen MR) is 117 cm³/mol. The number of unbranched alkanes of at least 4 members (excludes halogenated alkanes) is 1. The number of carbonyl (C=O) groups is 2. The lowest BCUT2D eigenvalue weighted by Gasteiger charge is -2.29. The average molecular weight is 407 g/mol. The highest BCUT2D eigenvalue weighted by atomic mass is 16.2. The number of rotatable bonds is 5. The molecule has 1 unspecified atom stereocenters. The number of urea groups is 1. The lowest BCUT2D eigenvalue weighted by molar-refractivity contribution is -0.128. The molecule has 0 bridgehead atoms. The molecule has 1 aliphatic rings. The van der Waals surface area contributed by atoms with E-state index in [1.807, 2.05) is 54.6 Å². The summed E-state index contributed by atoms with van der Waals surface area (Å²) in [5.41, 5.74) is 1.78. The van der Waals surface area contributed by atoms with Crippen LogP contribution in [0.3, 0.4) is 0 Å². The van der Waals surface area contributed by atoms with Crippen LogP contribution in [-0.4, -0.2) is 48.0 Å². The predicted octanol–water partition coefficient (Wildman–Crippen LogP) is 3.79. The zero-order chi connectivity index (χ0) is 21.9. The van der Waals surface area contributed by atoms with Gasteiger partial charge in [0.05, 0.1) is 11.6 Å². The van der Waals surface area contributed by atoms with E-state index in [-0.39, 0.29) is 18.1 Å². The average Bonchev–Trinajstić information content (AvgIpc) is 3.03. The van der Waals surface area contributed by atoms with Crippen LogP contribution in [0.25, 0.3) is 0 Å². The third-order valence-electron chi connectivity index (χ3n) is 5.18. The summed E-state index contributed by atoms with van der Waals surface area (Å²) >= 11 is 0. The molecule has 3 rings (SSSR count). The molecule has 1 heterocycles. The van der Waals surface area contributed by atoms with Crippen molar-refractivity contribution in [3.05, 3.63) is 71.8 Å². The summed E-state index contributed by atoms with van der Waals surface area (Å²) in [6.45, 7) is 2.11. The first-order valence-corrected chi connectivity index (χ1v) is 10.3. The van der Waals surface area contributed by atoms with Crippen LogP contribution in [0.5, 0.6) is 0 Å². The number of hydrogen-bond acceptors (Lipinski definition) is 3. The second kappa shape index (κ2) is 11.6. The van der Waals surface area contributed by atoms with Crippen molar-refractivity contribution in [3.63, 3.8) is 0 Å². The molecular weight excluding hydrogens is 376 g/mol. The Kier molecular flexibility index (Phi) is 8.89. The molecule has 2 aromatic carbocycles. The first-order valence-electron chi connectivity index (χ1n) is 10.3. The van der Waals surface area contributed by atoms with Gasteiger partial charge in [0.25, 0.3) is 0 Å². The van der Waals surface area contributed by atoms with E-state index in [9.17, 15) is 9.59 Å². The second-order valence-electron chi connectivity index (χ2n) is 7.22. The van der Waals surface area contributed by atoms with Gasteiger partial charge >= 0.3 is 6.03 Å². The van der Waals surface area contributed by atoms with E-state index in [0.29, 0.717) is 12.0 Å². The van der Waals surface area contributed by atoms with E-state index in [2.05, 4.69) is 12.2 Å². The number of hydrogen-bond donors (Lipinski definition) is 1. The number of amides is 3. The largest absolute Gasteiger partial charge is 0.341 e. The van der Waals surface area contributed by atoms with Crippen molar-refractivity contribution in [1.82, 2.24) is 15.1 Å². The van der Waals surface area contributed by atoms with Gasteiger partial charge in [0.15, 0.2) is 0 Å². The summed E-state index contributed by atoms with van der Waals surface area (Å²) in [4.78, 5) is 28.4. The van der Waals surface area contributed by atoms with Crippen molar-refractivity contribution in [2.75, 3.05) is 14.1 Å². The first kappa shape index (κ1) is 23.0. The van der Waals surface area contributed by atoms with E-state index in [1.54, 1.807) is 36.0 Å². The summed E-state index contributed by atoms with van der Waals surface area (Å²) in [6.07, 6.45) is 3.26.